The second-order valence-electron chi connectivity index (χ2n) is 8.28. The summed E-state index contributed by atoms with van der Waals surface area (Å²) in [6, 6.07) is 0. The lowest BCUT2D eigenvalue weighted by Crippen LogP contribution is -2.56. The molecule has 3 rings (SSSR count). The molecule has 2 nitrogen and oxygen atoms in total. The molecular weight excluding hydrogens is 248 g/mol. The molecule has 0 spiro atoms. The summed E-state index contributed by atoms with van der Waals surface area (Å²) in [4.78, 5) is 12.3. The maximum atomic E-state index is 12.3. The van der Waals surface area contributed by atoms with Crippen LogP contribution < -0.4 is 0 Å². The van der Waals surface area contributed by atoms with Crippen LogP contribution in [-0.4, -0.2) is 17.0 Å². The van der Waals surface area contributed by atoms with Crippen LogP contribution >= 0.6 is 0 Å². The van der Waals surface area contributed by atoms with E-state index in [9.17, 15) is 9.90 Å². The number of ketones is 1. The van der Waals surface area contributed by atoms with Gasteiger partial charge in [0, 0.05) is 17.3 Å². The molecule has 0 amide bonds. The monoisotopic (exact) mass is 276 g/mol. The zero-order valence-corrected chi connectivity index (χ0v) is 13.3. The Morgan fingerprint density at radius 3 is 2.50 bits per heavy atom. The Kier molecular flexibility index (Phi) is 3.00. The lowest BCUT2D eigenvalue weighted by Gasteiger charge is -2.60. The van der Waals surface area contributed by atoms with Crippen LogP contribution in [0.15, 0.2) is 11.6 Å². The Balaban J connectivity index is 2.08. The standard InChI is InChI=1S/C18H28O2/c1-16(2)12-8-10-18(4)13(6-5-7-15(18)20)17(12,3)11-9-14(16)19/h6,12,15,20H,5,7-11H2,1-4H3/t12-,15+,17-,18+/m1/s1. The maximum absolute atomic E-state index is 12.3. The highest BCUT2D eigenvalue weighted by Crippen LogP contribution is 2.65. The molecule has 3 aliphatic rings. The fourth-order valence-corrected chi connectivity index (χ4v) is 5.61. The maximum Gasteiger partial charge on any atom is 0.138 e. The minimum atomic E-state index is -0.211. The summed E-state index contributed by atoms with van der Waals surface area (Å²) in [7, 11) is 0. The number of aliphatic hydroxyl groups is 1. The van der Waals surface area contributed by atoms with Gasteiger partial charge in [-0.2, -0.15) is 0 Å². The van der Waals surface area contributed by atoms with E-state index < -0.39 is 0 Å². The molecule has 0 aliphatic heterocycles. The molecule has 2 heteroatoms. The Labute approximate surface area is 122 Å². The van der Waals surface area contributed by atoms with Crippen molar-refractivity contribution in [3.05, 3.63) is 11.6 Å². The van der Waals surface area contributed by atoms with E-state index >= 15 is 0 Å². The largest absolute Gasteiger partial charge is 0.392 e. The highest BCUT2D eigenvalue weighted by atomic mass is 16.3. The molecule has 1 N–H and O–H groups in total. The van der Waals surface area contributed by atoms with Crippen molar-refractivity contribution >= 4 is 5.78 Å². The second-order valence-corrected chi connectivity index (χ2v) is 8.28. The average Bonchev–Trinajstić information content (AvgIpc) is 2.37. The first kappa shape index (κ1) is 14.3. The topological polar surface area (TPSA) is 37.3 Å². The summed E-state index contributed by atoms with van der Waals surface area (Å²) in [5.74, 6) is 0.862. The Hall–Kier alpha value is -0.630. The molecule has 0 saturated heterocycles. The number of hydrogen-bond acceptors (Lipinski definition) is 2. The van der Waals surface area contributed by atoms with Crippen LogP contribution in [0.1, 0.15) is 66.2 Å². The van der Waals surface area contributed by atoms with Gasteiger partial charge in [-0.1, -0.05) is 39.3 Å². The fraction of sp³-hybridized carbons (Fsp3) is 0.833. The predicted octanol–water partition coefficient (Wildman–Crippen LogP) is 3.88. The van der Waals surface area contributed by atoms with Crippen LogP contribution in [0.3, 0.4) is 0 Å². The van der Waals surface area contributed by atoms with Crippen molar-refractivity contribution in [3.63, 3.8) is 0 Å². The number of carbonyl (C=O) groups excluding carboxylic acids is 1. The highest BCUT2D eigenvalue weighted by Gasteiger charge is 2.59. The van der Waals surface area contributed by atoms with Crippen molar-refractivity contribution in [2.75, 3.05) is 0 Å². The molecule has 4 atom stereocenters. The minimum Gasteiger partial charge on any atom is -0.392 e. The van der Waals surface area contributed by atoms with E-state index in [-0.39, 0.29) is 22.3 Å². The van der Waals surface area contributed by atoms with Gasteiger partial charge in [-0.25, -0.2) is 0 Å². The van der Waals surface area contributed by atoms with Crippen molar-refractivity contribution in [2.45, 2.75) is 72.3 Å². The fourth-order valence-electron chi connectivity index (χ4n) is 5.61. The Morgan fingerprint density at radius 2 is 1.80 bits per heavy atom. The van der Waals surface area contributed by atoms with Gasteiger partial charge in [0.25, 0.3) is 0 Å². The van der Waals surface area contributed by atoms with Crippen molar-refractivity contribution < 1.29 is 9.90 Å². The van der Waals surface area contributed by atoms with Gasteiger partial charge in [-0.15, -0.1) is 0 Å². The quantitative estimate of drug-likeness (QED) is 0.682. The van der Waals surface area contributed by atoms with Crippen LogP contribution in [-0.2, 0) is 4.79 Å². The molecule has 0 radical (unpaired) electrons. The Bertz CT molecular complexity index is 476. The number of allylic oxidation sites excluding steroid dienone is 1. The molecule has 2 saturated carbocycles. The highest BCUT2D eigenvalue weighted by molar-refractivity contribution is 5.85. The summed E-state index contributed by atoms with van der Waals surface area (Å²) >= 11 is 0. The van der Waals surface area contributed by atoms with Crippen molar-refractivity contribution in [2.24, 2.45) is 22.2 Å². The van der Waals surface area contributed by atoms with Crippen LogP contribution in [0.4, 0.5) is 0 Å². The van der Waals surface area contributed by atoms with Gasteiger partial charge < -0.3 is 5.11 Å². The number of Topliss-reactive ketones (excluding diaryl/α,β-unsaturated/α-hetero) is 1. The molecule has 0 heterocycles. The van der Waals surface area contributed by atoms with Gasteiger partial charge in [0.15, 0.2) is 0 Å². The van der Waals surface area contributed by atoms with Gasteiger partial charge in [0.2, 0.25) is 0 Å². The Morgan fingerprint density at radius 1 is 1.10 bits per heavy atom. The first-order valence-electron chi connectivity index (χ1n) is 8.15. The smallest absolute Gasteiger partial charge is 0.138 e. The van der Waals surface area contributed by atoms with E-state index in [1.165, 1.54) is 5.57 Å². The lowest BCUT2D eigenvalue weighted by atomic mass is 9.43. The second kappa shape index (κ2) is 4.19. The van der Waals surface area contributed by atoms with Gasteiger partial charge in [-0.05, 0) is 43.4 Å². The van der Waals surface area contributed by atoms with Crippen LogP contribution in [0, 0.1) is 22.2 Å². The molecule has 0 aromatic rings. The van der Waals surface area contributed by atoms with Gasteiger partial charge in [-0.3, -0.25) is 4.79 Å². The lowest BCUT2D eigenvalue weighted by molar-refractivity contribution is -0.143. The SMILES string of the molecule is CC1(C)C(=O)CC[C@@]2(C)C3=CCC[C@H](O)[C@@]3(C)CC[C@H]12. The predicted molar refractivity (Wildman–Crippen MR) is 80.3 cm³/mol. The minimum absolute atomic E-state index is 0.0556. The molecule has 0 aromatic heterocycles. The normalized spacial score (nSPS) is 47.2. The zero-order chi connectivity index (χ0) is 14.8. The van der Waals surface area contributed by atoms with E-state index in [1.807, 2.05) is 0 Å². The first-order chi connectivity index (χ1) is 9.23. The van der Waals surface area contributed by atoms with E-state index in [2.05, 4.69) is 33.8 Å². The number of aliphatic hydroxyl groups excluding tert-OH is 1. The molecule has 0 aromatic carbocycles. The van der Waals surface area contributed by atoms with Crippen LogP contribution in [0.2, 0.25) is 0 Å². The van der Waals surface area contributed by atoms with Crippen molar-refractivity contribution in [1.29, 1.82) is 0 Å². The first-order valence-corrected chi connectivity index (χ1v) is 8.15. The van der Waals surface area contributed by atoms with Crippen molar-refractivity contribution in [3.8, 4) is 0 Å². The summed E-state index contributed by atoms with van der Waals surface area (Å²) in [5, 5.41) is 10.5. The summed E-state index contributed by atoms with van der Waals surface area (Å²) in [6.07, 6.45) is 7.83. The number of fused-ring (bicyclic) bond motifs is 3. The van der Waals surface area contributed by atoms with E-state index in [0.717, 1.165) is 32.1 Å². The van der Waals surface area contributed by atoms with Crippen LogP contribution in [0.25, 0.3) is 0 Å². The third-order valence-electron chi connectivity index (χ3n) is 6.94. The van der Waals surface area contributed by atoms with Crippen LogP contribution in [0.5, 0.6) is 0 Å². The summed E-state index contributed by atoms with van der Waals surface area (Å²) in [5.41, 5.74) is 1.30. The molecule has 0 unspecified atom stereocenters. The molecule has 3 aliphatic carbocycles. The number of hydrogen-bond donors (Lipinski definition) is 1. The summed E-state index contributed by atoms with van der Waals surface area (Å²) in [6.45, 7) is 8.88. The van der Waals surface area contributed by atoms with Gasteiger partial charge in [0.1, 0.15) is 5.78 Å². The van der Waals surface area contributed by atoms with Gasteiger partial charge in [0.05, 0.1) is 6.10 Å². The molecular formula is C18H28O2. The molecule has 0 bridgehead atoms. The number of rotatable bonds is 0. The molecule has 2 fully saturated rings. The van der Waals surface area contributed by atoms with E-state index in [0.29, 0.717) is 18.1 Å². The molecule has 112 valence electrons. The number of carbonyl (C=O) groups is 1. The third kappa shape index (κ3) is 1.63. The third-order valence-corrected chi connectivity index (χ3v) is 6.94. The molecule has 20 heavy (non-hydrogen) atoms. The summed E-state index contributed by atoms with van der Waals surface area (Å²) < 4.78 is 0. The zero-order valence-electron chi connectivity index (χ0n) is 13.3. The van der Waals surface area contributed by atoms with Crippen molar-refractivity contribution in [1.82, 2.24) is 0 Å². The van der Waals surface area contributed by atoms with E-state index in [4.69, 9.17) is 0 Å². The average molecular weight is 276 g/mol. The van der Waals surface area contributed by atoms with E-state index in [1.54, 1.807) is 0 Å². The van der Waals surface area contributed by atoms with Gasteiger partial charge >= 0.3 is 0 Å².